The zero-order valence-electron chi connectivity index (χ0n) is 8.96. The van der Waals surface area contributed by atoms with Gasteiger partial charge in [0.2, 0.25) is 0 Å². The third-order valence-corrected chi connectivity index (χ3v) is 2.51. The molecule has 1 heterocycles. The SMILES string of the molecule is CC[C@H](C)OCc1nn(CC)cc1Cl. The lowest BCUT2D eigenvalue weighted by Gasteiger charge is -2.08. The minimum atomic E-state index is 0.262. The van der Waals surface area contributed by atoms with E-state index < -0.39 is 0 Å². The summed E-state index contributed by atoms with van der Waals surface area (Å²) in [4.78, 5) is 0. The predicted molar refractivity (Wildman–Crippen MR) is 57.5 cm³/mol. The Hall–Kier alpha value is -0.540. The lowest BCUT2D eigenvalue weighted by molar-refractivity contribution is 0.0486. The van der Waals surface area contributed by atoms with Crippen LogP contribution in [0.5, 0.6) is 0 Å². The molecular formula is C10H17ClN2O. The van der Waals surface area contributed by atoms with Gasteiger partial charge < -0.3 is 4.74 Å². The molecule has 0 aliphatic heterocycles. The van der Waals surface area contributed by atoms with Crippen molar-refractivity contribution >= 4 is 11.6 Å². The molecule has 0 saturated heterocycles. The first-order chi connectivity index (χ1) is 6.67. The summed E-state index contributed by atoms with van der Waals surface area (Å²) in [6.45, 7) is 7.51. The maximum Gasteiger partial charge on any atom is 0.107 e. The molecule has 0 aromatic carbocycles. The summed E-state index contributed by atoms with van der Waals surface area (Å²) in [5, 5.41) is 4.98. The van der Waals surface area contributed by atoms with Gasteiger partial charge in [-0.2, -0.15) is 5.10 Å². The van der Waals surface area contributed by atoms with E-state index in [1.54, 1.807) is 0 Å². The van der Waals surface area contributed by atoms with Crippen molar-refractivity contribution in [3.8, 4) is 0 Å². The molecule has 0 radical (unpaired) electrons. The van der Waals surface area contributed by atoms with Gasteiger partial charge in [0.1, 0.15) is 5.69 Å². The molecule has 0 bridgehead atoms. The zero-order valence-corrected chi connectivity index (χ0v) is 9.71. The molecule has 80 valence electrons. The summed E-state index contributed by atoms with van der Waals surface area (Å²) in [5.41, 5.74) is 0.828. The fraction of sp³-hybridized carbons (Fsp3) is 0.700. The van der Waals surface area contributed by atoms with Crippen molar-refractivity contribution in [2.75, 3.05) is 0 Å². The number of ether oxygens (including phenoxy) is 1. The summed E-state index contributed by atoms with van der Waals surface area (Å²) in [6.07, 6.45) is 3.10. The maximum atomic E-state index is 5.99. The lowest BCUT2D eigenvalue weighted by Crippen LogP contribution is -2.07. The second kappa shape index (κ2) is 5.37. The molecule has 0 amide bonds. The average Bonchev–Trinajstić information content (AvgIpc) is 2.55. The van der Waals surface area contributed by atoms with Gasteiger partial charge in [-0.05, 0) is 20.3 Å². The highest BCUT2D eigenvalue weighted by atomic mass is 35.5. The molecule has 3 nitrogen and oxygen atoms in total. The molecule has 0 unspecified atom stereocenters. The van der Waals surface area contributed by atoms with E-state index in [1.165, 1.54) is 0 Å². The zero-order chi connectivity index (χ0) is 10.6. The van der Waals surface area contributed by atoms with Crippen molar-refractivity contribution in [2.24, 2.45) is 0 Å². The highest BCUT2D eigenvalue weighted by Crippen LogP contribution is 2.15. The van der Waals surface area contributed by atoms with E-state index in [0.717, 1.165) is 18.7 Å². The second-order valence-corrected chi connectivity index (χ2v) is 3.72. The molecule has 1 rings (SSSR count). The Kier molecular flexibility index (Phi) is 4.42. The van der Waals surface area contributed by atoms with E-state index in [-0.39, 0.29) is 6.10 Å². The van der Waals surface area contributed by atoms with E-state index in [9.17, 15) is 0 Å². The molecule has 1 aromatic heterocycles. The third kappa shape index (κ3) is 3.00. The van der Waals surface area contributed by atoms with Gasteiger partial charge in [0.05, 0.1) is 17.7 Å². The Morgan fingerprint density at radius 3 is 2.79 bits per heavy atom. The van der Waals surface area contributed by atoms with E-state index in [2.05, 4.69) is 12.0 Å². The quantitative estimate of drug-likeness (QED) is 0.757. The number of aromatic nitrogens is 2. The van der Waals surface area contributed by atoms with Crippen LogP contribution in [0.4, 0.5) is 0 Å². The summed E-state index contributed by atoms with van der Waals surface area (Å²) in [7, 11) is 0. The van der Waals surface area contributed by atoms with Gasteiger partial charge in [0, 0.05) is 12.7 Å². The normalized spacial score (nSPS) is 13.1. The highest BCUT2D eigenvalue weighted by Gasteiger charge is 2.07. The third-order valence-electron chi connectivity index (χ3n) is 2.19. The maximum absolute atomic E-state index is 5.99. The van der Waals surface area contributed by atoms with Crippen LogP contribution in [0.25, 0.3) is 0 Å². The van der Waals surface area contributed by atoms with Crippen LogP contribution in [-0.2, 0) is 17.9 Å². The Bertz CT molecular complexity index is 286. The van der Waals surface area contributed by atoms with Crippen LogP contribution >= 0.6 is 11.6 Å². The van der Waals surface area contributed by atoms with E-state index in [4.69, 9.17) is 16.3 Å². The first-order valence-electron chi connectivity index (χ1n) is 5.00. The van der Waals surface area contributed by atoms with Crippen LogP contribution in [0.1, 0.15) is 32.9 Å². The van der Waals surface area contributed by atoms with Gasteiger partial charge >= 0.3 is 0 Å². The molecule has 1 aromatic rings. The van der Waals surface area contributed by atoms with Crippen molar-refractivity contribution < 1.29 is 4.74 Å². The number of hydrogen-bond acceptors (Lipinski definition) is 2. The van der Waals surface area contributed by atoms with Crippen molar-refractivity contribution in [3.63, 3.8) is 0 Å². The number of rotatable bonds is 5. The van der Waals surface area contributed by atoms with Crippen molar-refractivity contribution in [2.45, 2.75) is 46.4 Å². The summed E-state index contributed by atoms with van der Waals surface area (Å²) < 4.78 is 7.37. The van der Waals surface area contributed by atoms with Crippen molar-refractivity contribution in [1.29, 1.82) is 0 Å². The lowest BCUT2D eigenvalue weighted by atomic mass is 10.3. The van der Waals surface area contributed by atoms with Gasteiger partial charge in [-0.1, -0.05) is 18.5 Å². The molecule has 14 heavy (non-hydrogen) atoms. The largest absolute Gasteiger partial charge is 0.372 e. The van der Waals surface area contributed by atoms with Crippen LogP contribution in [0.3, 0.4) is 0 Å². The standard InChI is InChI=1S/C10H17ClN2O/c1-4-8(3)14-7-10-9(11)6-13(5-2)12-10/h6,8H,4-5,7H2,1-3H3/t8-/m0/s1. The minimum Gasteiger partial charge on any atom is -0.372 e. The average molecular weight is 217 g/mol. The van der Waals surface area contributed by atoms with Crippen LogP contribution < -0.4 is 0 Å². The first-order valence-corrected chi connectivity index (χ1v) is 5.38. The molecular weight excluding hydrogens is 200 g/mol. The Balaban J connectivity index is 2.53. The number of aryl methyl sites for hydroxylation is 1. The van der Waals surface area contributed by atoms with Gasteiger partial charge in [0.25, 0.3) is 0 Å². The van der Waals surface area contributed by atoms with Crippen LogP contribution in [0.2, 0.25) is 5.02 Å². The van der Waals surface area contributed by atoms with Crippen LogP contribution in [0.15, 0.2) is 6.20 Å². The summed E-state index contributed by atoms with van der Waals surface area (Å²) in [5.74, 6) is 0. The monoisotopic (exact) mass is 216 g/mol. The number of halogens is 1. The van der Waals surface area contributed by atoms with E-state index in [1.807, 2.05) is 24.7 Å². The smallest absolute Gasteiger partial charge is 0.107 e. The predicted octanol–water partition coefficient (Wildman–Crippen LogP) is 2.87. The van der Waals surface area contributed by atoms with Crippen LogP contribution in [-0.4, -0.2) is 15.9 Å². The van der Waals surface area contributed by atoms with Crippen LogP contribution in [0, 0.1) is 0 Å². The second-order valence-electron chi connectivity index (χ2n) is 3.31. The number of nitrogens with zero attached hydrogens (tertiary/aromatic N) is 2. The topological polar surface area (TPSA) is 27.1 Å². The molecule has 0 N–H and O–H groups in total. The van der Waals surface area contributed by atoms with Gasteiger partial charge in [-0.25, -0.2) is 0 Å². The molecule has 0 saturated carbocycles. The Morgan fingerprint density at radius 1 is 1.57 bits per heavy atom. The first kappa shape index (κ1) is 11.5. The fourth-order valence-electron chi connectivity index (χ4n) is 1.04. The minimum absolute atomic E-state index is 0.262. The number of hydrogen-bond donors (Lipinski definition) is 0. The molecule has 0 fully saturated rings. The molecule has 4 heteroatoms. The van der Waals surface area contributed by atoms with Gasteiger partial charge in [-0.15, -0.1) is 0 Å². The molecule has 1 atom stereocenters. The summed E-state index contributed by atoms with van der Waals surface area (Å²) >= 11 is 5.99. The molecule has 0 aliphatic rings. The summed E-state index contributed by atoms with van der Waals surface area (Å²) in [6, 6.07) is 0. The Labute approximate surface area is 90.0 Å². The van der Waals surface area contributed by atoms with Gasteiger partial charge in [0.15, 0.2) is 0 Å². The van der Waals surface area contributed by atoms with E-state index in [0.29, 0.717) is 11.6 Å². The Morgan fingerprint density at radius 2 is 2.29 bits per heavy atom. The van der Waals surface area contributed by atoms with Gasteiger partial charge in [-0.3, -0.25) is 4.68 Å². The van der Waals surface area contributed by atoms with E-state index >= 15 is 0 Å². The van der Waals surface area contributed by atoms with Crippen molar-refractivity contribution in [1.82, 2.24) is 9.78 Å². The highest BCUT2D eigenvalue weighted by molar-refractivity contribution is 6.31. The van der Waals surface area contributed by atoms with Crippen molar-refractivity contribution in [3.05, 3.63) is 16.9 Å². The fourth-order valence-corrected chi connectivity index (χ4v) is 1.24. The molecule has 0 aliphatic carbocycles. The molecule has 0 spiro atoms.